The number of amides is 2. The third-order valence-corrected chi connectivity index (χ3v) is 4.66. The fourth-order valence-electron chi connectivity index (χ4n) is 3.41. The van der Waals surface area contributed by atoms with Gasteiger partial charge in [0.05, 0.1) is 18.7 Å². The molecule has 0 radical (unpaired) electrons. The minimum Gasteiger partial charge on any atom is -0.361 e. The molecule has 6 heteroatoms. The van der Waals surface area contributed by atoms with Crippen LogP contribution in [0, 0.1) is 6.92 Å². The van der Waals surface area contributed by atoms with Crippen LogP contribution in [0.15, 0.2) is 18.5 Å². The molecule has 6 nitrogen and oxygen atoms in total. The Hall–Kier alpha value is -1.95. The first-order chi connectivity index (χ1) is 11.0. The topological polar surface area (TPSA) is 62.7 Å². The molecule has 2 saturated heterocycles. The lowest BCUT2D eigenvalue weighted by molar-refractivity contribution is -0.166. The van der Waals surface area contributed by atoms with E-state index in [1.165, 1.54) is 0 Å². The summed E-state index contributed by atoms with van der Waals surface area (Å²) in [7, 11) is 1.81. The predicted octanol–water partition coefficient (Wildman–Crippen LogP) is 1.24. The molecule has 124 valence electrons. The number of rotatable bonds is 1. The van der Waals surface area contributed by atoms with E-state index in [-0.39, 0.29) is 11.8 Å². The van der Waals surface area contributed by atoms with Crippen LogP contribution in [0.1, 0.15) is 35.2 Å². The molecule has 0 bridgehead atoms. The van der Waals surface area contributed by atoms with Crippen LogP contribution < -0.4 is 0 Å². The van der Waals surface area contributed by atoms with Crippen molar-refractivity contribution in [3.05, 3.63) is 29.6 Å². The maximum Gasteiger partial charge on any atom is 0.256 e. The van der Waals surface area contributed by atoms with E-state index in [1.54, 1.807) is 22.2 Å². The number of morpholine rings is 1. The third-order valence-electron chi connectivity index (χ3n) is 4.66. The number of aryl methyl sites for hydroxylation is 1. The molecule has 1 aromatic heterocycles. The number of carbonyl (C=O) groups excluding carboxylic acids is 2. The number of pyridine rings is 1. The zero-order valence-electron chi connectivity index (χ0n) is 13.7. The van der Waals surface area contributed by atoms with Gasteiger partial charge in [-0.25, -0.2) is 0 Å². The highest BCUT2D eigenvalue weighted by Crippen LogP contribution is 2.30. The molecule has 1 aromatic rings. The third kappa shape index (κ3) is 3.08. The van der Waals surface area contributed by atoms with Gasteiger partial charge in [-0.2, -0.15) is 0 Å². The number of ether oxygens (including phenoxy) is 1. The second-order valence-corrected chi connectivity index (χ2v) is 6.50. The maximum atomic E-state index is 12.8. The van der Waals surface area contributed by atoms with Crippen molar-refractivity contribution in [1.29, 1.82) is 0 Å². The number of hydrogen-bond donors (Lipinski definition) is 0. The lowest BCUT2D eigenvalue weighted by Crippen LogP contribution is -2.60. The average molecular weight is 317 g/mol. The average Bonchev–Trinajstić information content (AvgIpc) is 2.69. The van der Waals surface area contributed by atoms with Crippen molar-refractivity contribution in [3.63, 3.8) is 0 Å². The van der Waals surface area contributed by atoms with Crippen molar-refractivity contribution in [2.45, 2.75) is 31.8 Å². The Balaban J connectivity index is 1.82. The lowest BCUT2D eigenvalue weighted by atomic mass is 9.94. The Morgan fingerprint density at radius 1 is 1.30 bits per heavy atom. The van der Waals surface area contributed by atoms with Gasteiger partial charge in [-0.05, 0) is 37.8 Å². The van der Waals surface area contributed by atoms with Crippen LogP contribution in [0.25, 0.3) is 0 Å². The highest BCUT2D eigenvalue weighted by molar-refractivity contribution is 5.95. The maximum absolute atomic E-state index is 12.8. The fourth-order valence-corrected chi connectivity index (χ4v) is 3.41. The minimum absolute atomic E-state index is 0.00475. The van der Waals surface area contributed by atoms with Crippen molar-refractivity contribution in [2.75, 3.05) is 33.3 Å². The Labute approximate surface area is 136 Å². The van der Waals surface area contributed by atoms with E-state index in [4.69, 9.17) is 4.74 Å². The molecule has 2 amide bonds. The summed E-state index contributed by atoms with van der Waals surface area (Å²) < 4.78 is 5.91. The molecule has 2 fully saturated rings. The largest absolute Gasteiger partial charge is 0.361 e. The molecule has 1 unspecified atom stereocenters. The van der Waals surface area contributed by atoms with Gasteiger partial charge in [0.1, 0.15) is 0 Å². The Bertz CT molecular complexity index is 619. The molecule has 3 heterocycles. The number of carbonyl (C=O) groups is 2. The van der Waals surface area contributed by atoms with Gasteiger partial charge < -0.3 is 14.5 Å². The molecule has 1 atom stereocenters. The van der Waals surface area contributed by atoms with Gasteiger partial charge in [0.2, 0.25) is 0 Å². The SMILES string of the molecule is Cc1cncc(C(=O)N2CCOC3(CCCCN(C)C3=O)C2)c1. The van der Waals surface area contributed by atoms with Crippen LogP contribution in [0.4, 0.5) is 0 Å². The molecule has 2 aliphatic rings. The summed E-state index contributed by atoms with van der Waals surface area (Å²) in [4.78, 5) is 33.0. The number of likely N-dealkylation sites (N-methyl/N-ethyl adjacent to an activating group) is 1. The van der Waals surface area contributed by atoms with E-state index < -0.39 is 5.60 Å². The molecule has 0 aromatic carbocycles. The van der Waals surface area contributed by atoms with Crippen molar-refractivity contribution in [2.24, 2.45) is 0 Å². The molecule has 23 heavy (non-hydrogen) atoms. The summed E-state index contributed by atoms with van der Waals surface area (Å²) >= 11 is 0. The van der Waals surface area contributed by atoms with E-state index in [9.17, 15) is 9.59 Å². The Kier molecular flexibility index (Phi) is 4.35. The monoisotopic (exact) mass is 317 g/mol. The van der Waals surface area contributed by atoms with Crippen molar-refractivity contribution < 1.29 is 14.3 Å². The number of likely N-dealkylation sites (tertiary alicyclic amines) is 1. The van der Waals surface area contributed by atoms with Crippen LogP contribution in [-0.4, -0.2) is 65.5 Å². The van der Waals surface area contributed by atoms with Crippen LogP contribution in [0.2, 0.25) is 0 Å². The van der Waals surface area contributed by atoms with Gasteiger partial charge >= 0.3 is 0 Å². The molecule has 0 N–H and O–H groups in total. The summed E-state index contributed by atoms with van der Waals surface area (Å²) in [6.07, 6.45) is 5.89. The summed E-state index contributed by atoms with van der Waals surface area (Å²) in [6.45, 7) is 3.88. The highest BCUT2D eigenvalue weighted by Gasteiger charge is 2.47. The first-order valence-corrected chi connectivity index (χ1v) is 8.12. The smallest absolute Gasteiger partial charge is 0.256 e. The summed E-state index contributed by atoms with van der Waals surface area (Å²) in [6, 6.07) is 1.83. The van der Waals surface area contributed by atoms with Crippen LogP contribution in [0.5, 0.6) is 0 Å². The highest BCUT2D eigenvalue weighted by atomic mass is 16.5. The van der Waals surface area contributed by atoms with Crippen molar-refractivity contribution in [3.8, 4) is 0 Å². The molecular formula is C17H23N3O3. The standard InChI is InChI=1S/C17H23N3O3/c1-13-9-14(11-18-10-13)15(21)20-7-8-23-17(12-20)5-3-4-6-19(2)16(17)22/h9-11H,3-8,12H2,1-2H3. The molecular weight excluding hydrogens is 294 g/mol. The minimum atomic E-state index is -0.879. The van der Waals surface area contributed by atoms with Crippen molar-refractivity contribution in [1.82, 2.24) is 14.8 Å². The second kappa shape index (κ2) is 6.28. The Morgan fingerprint density at radius 3 is 2.91 bits per heavy atom. The van der Waals surface area contributed by atoms with Crippen LogP contribution in [0.3, 0.4) is 0 Å². The zero-order valence-corrected chi connectivity index (χ0v) is 13.7. The van der Waals surface area contributed by atoms with Crippen LogP contribution >= 0.6 is 0 Å². The van der Waals surface area contributed by atoms with Crippen LogP contribution in [-0.2, 0) is 9.53 Å². The first kappa shape index (κ1) is 15.9. The Morgan fingerprint density at radius 2 is 2.13 bits per heavy atom. The van der Waals surface area contributed by atoms with E-state index in [1.807, 2.05) is 20.0 Å². The second-order valence-electron chi connectivity index (χ2n) is 6.50. The van der Waals surface area contributed by atoms with E-state index in [0.29, 0.717) is 31.7 Å². The predicted molar refractivity (Wildman–Crippen MR) is 85.0 cm³/mol. The lowest BCUT2D eigenvalue weighted by Gasteiger charge is -2.42. The first-order valence-electron chi connectivity index (χ1n) is 8.12. The zero-order chi connectivity index (χ0) is 16.4. The quantitative estimate of drug-likeness (QED) is 0.782. The van der Waals surface area contributed by atoms with Gasteiger partial charge in [0.25, 0.3) is 11.8 Å². The van der Waals surface area contributed by atoms with Gasteiger partial charge in [-0.15, -0.1) is 0 Å². The van der Waals surface area contributed by atoms with E-state index in [0.717, 1.165) is 24.9 Å². The normalized spacial score (nSPS) is 25.6. The fraction of sp³-hybridized carbons (Fsp3) is 0.588. The summed E-state index contributed by atoms with van der Waals surface area (Å²) in [5, 5.41) is 0. The van der Waals surface area contributed by atoms with Gasteiger partial charge in [-0.3, -0.25) is 14.6 Å². The van der Waals surface area contributed by atoms with E-state index in [2.05, 4.69) is 4.98 Å². The molecule has 1 spiro atoms. The molecule has 0 saturated carbocycles. The van der Waals surface area contributed by atoms with Gasteiger partial charge in [0, 0.05) is 32.5 Å². The van der Waals surface area contributed by atoms with Gasteiger partial charge in [0.15, 0.2) is 5.60 Å². The molecule has 2 aliphatic heterocycles. The number of nitrogens with zero attached hydrogens (tertiary/aromatic N) is 3. The molecule has 0 aliphatic carbocycles. The van der Waals surface area contributed by atoms with Gasteiger partial charge in [-0.1, -0.05) is 0 Å². The van der Waals surface area contributed by atoms with Crippen molar-refractivity contribution >= 4 is 11.8 Å². The summed E-state index contributed by atoms with van der Waals surface area (Å²) in [5.74, 6) is -0.0848. The molecule has 3 rings (SSSR count). The number of hydrogen-bond acceptors (Lipinski definition) is 4. The summed E-state index contributed by atoms with van der Waals surface area (Å²) in [5.41, 5.74) is 0.636. The number of aromatic nitrogens is 1. The van der Waals surface area contributed by atoms with E-state index >= 15 is 0 Å².